The van der Waals surface area contributed by atoms with Gasteiger partial charge in [0.15, 0.2) is 5.65 Å². The van der Waals surface area contributed by atoms with Crippen molar-refractivity contribution in [1.82, 2.24) is 34.2 Å². The molecule has 1 fully saturated rings. The second-order valence-electron chi connectivity index (χ2n) is 10.0. The largest absolute Gasteiger partial charge is 0.434 e. The van der Waals surface area contributed by atoms with Gasteiger partial charge in [0, 0.05) is 60.5 Å². The van der Waals surface area contributed by atoms with Gasteiger partial charge in [-0.2, -0.15) is 19.0 Å². The maximum atomic E-state index is 13.4. The standard InChI is InChI=1S/C28H32F2N8O3S/c1-4-35-10-12-36(13-11-35)24(39)17-37-16-22(33-27(40)21-15-32-38-9-5-8-31-26(21)38)25(34-37)20-14-19(42-18(2)3)6-7-23(20)41-28(29)30/h5-9,14-16,18,28H,4,10-13,17H2,1-3H3,(H,33,40). The number of thioether (sulfide) groups is 1. The molecule has 3 aromatic heterocycles. The van der Waals surface area contributed by atoms with Crippen molar-refractivity contribution in [2.24, 2.45) is 0 Å². The molecule has 1 saturated heterocycles. The predicted molar refractivity (Wildman–Crippen MR) is 155 cm³/mol. The van der Waals surface area contributed by atoms with E-state index in [1.165, 1.54) is 27.7 Å². The number of carbonyl (C=O) groups excluding carboxylic acids is 2. The second kappa shape index (κ2) is 12.9. The van der Waals surface area contributed by atoms with Crippen LogP contribution in [0.2, 0.25) is 0 Å². The highest BCUT2D eigenvalue weighted by Crippen LogP contribution is 2.39. The van der Waals surface area contributed by atoms with E-state index in [-0.39, 0.29) is 46.0 Å². The van der Waals surface area contributed by atoms with E-state index in [4.69, 9.17) is 4.74 Å². The molecule has 0 radical (unpaired) electrons. The van der Waals surface area contributed by atoms with Crippen molar-refractivity contribution >= 4 is 34.9 Å². The molecule has 1 aliphatic rings. The second-order valence-corrected chi connectivity index (χ2v) is 11.7. The SMILES string of the molecule is CCN1CCN(C(=O)Cn2cc(NC(=O)c3cnn4cccnc34)c(-c3cc(SC(C)C)ccc3OC(F)F)n2)CC1. The van der Waals surface area contributed by atoms with Crippen molar-refractivity contribution in [3.8, 4) is 17.0 Å². The number of piperazine rings is 1. The Morgan fingerprint density at radius 2 is 1.95 bits per heavy atom. The summed E-state index contributed by atoms with van der Waals surface area (Å²) in [5.41, 5.74) is 1.25. The van der Waals surface area contributed by atoms with Gasteiger partial charge in [-0.25, -0.2) is 9.50 Å². The zero-order valence-electron chi connectivity index (χ0n) is 23.5. The lowest BCUT2D eigenvalue weighted by molar-refractivity contribution is -0.133. The van der Waals surface area contributed by atoms with Crippen LogP contribution in [0.1, 0.15) is 31.1 Å². The normalized spacial score (nSPS) is 14.2. The van der Waals surface area contributed by atoms with E-state index in [1.54, 1.807) is 47.3 Å². The van der Waals surface area contributed by atoms with Crippen molar-refractivity contribution < 1.29 is 23.1 Å². The zero-order valence-corrected chi connectivity index (χ0v) is 24.4. The molecule has 1 N–H and O–H groups in total. The third-order valence-electron chi connectivity index (χ3n) is 6.80. The van der Waals surface area contributed by atoms with E-state index in [1.807, 2.05) is 13.8 Å². The topological polar surface area (TPSA) is 110 Å². The third-order valence-corrected chi connectivity index (χ3v) is 7.79. The van der Waals surface area contributed by atoms with Gasteiger partial charge in [0.2, 0.25) is 5.91 Å². The number of fused-ring (bicyclic) bond motifs is 1. The van der Waals surface area contributed by atoms with Crippen molar-refractivity contribution in [2.45, 2.75) is 44.1 Å². The summed E-state index contributed by atoms with van der Waals surface area (Å²) >= 11 is 1.54. The third kappa shape index (κ3) is 6.71. The molecule has 0 aliphatic carbocycles. The Bertz CT molecular complexity index is 1570. The van der Waals surface area contributed by atoms with Gasteiger partial charge in [-0.15, -0.1) is 11.8 Å². The number of aromatic nitrogens is 5. The van der Waals surface area contributed by atoms with Gasteiger partial charge in [0.1, 0.15) is 23.6 Å². The first-order chi connectivity index (χ1) is 20.2. The predicted octanol–water partition coefficient (Wildman–Crippen LogP) is 4.11. The van der Waals surface area contributed by atoms with Crippen molar-refractivity contribution in [1.29, 1.82) is 0 Å². The lowest BCUT2D eigenvalue weighted by atomic mass is 10.1. The first-order valence-electron chi connectivity index (χ1n) is 13.6. The minimum atomic E-state index is -3.07. The molecular formula is C28H32F2N8O3S. The number of nitrogens with zero attached hydrogens (tertiary/aromatic N) is 7. The Morgan fingerprint density at radius 3 is 2.67 bits per heavy atom. The molecule has 1 aromatic carbocycles. The fraction of sp³-hybridized carbons (Fsp3) is 0.393. The van der Waals surface area contributed by atoms with E-state index in [0.717, 1.165) is 24.5 Å². The summed E-state index contributed by atoms with van der Waals surface area (Å²) in [6.07, 6.45) is 6.14. The molecule has 0 atom stereocenters. The number of carbonyl (C=O) groups is 2. The number of ether oxygens (including phenoxy) is 1. The van der Waals surface area contributed by atoms with Crippen LogP contribution in [-0.2, 0) is 11.3 Å². The van der Waals surface area contributed by atoms with Crippen molar-refractivity contribution in [3.63, 3.8) is 0 Å². The Hall–Kier alpha value is -4.04. The van der Waals surface area contributed by atoms with Crippen LogP contribution in [0.5, 0.6) is 5.75 Å². The number of nitrogens with one attached hydrogen (secondary N) is 1. The van der Waals surface area contributed by atoms with Crippen LogP contribution in [-0.4, -0.2) is 90.6 Å². The number of benzene rings is 1. The van der Waals surface area contributed by atoms with Gasteiger partial charge in [-0.3, -0.25) is 14.3 Å². The van der Waals surface area contributed by atoms with Crippen molar-refractivity contribution in [3.05, 3.63) is 54.6 Å². The van der Waals surface area contributed by atoms with Gasteiger partial charge in [-0.05, 0) is 30.8 Å². The number of hydrogen-bond donors (Lipinski definition) is 1. The van der Waals surface area contributed by atoms with Crippen LogP contribution < -0.4 is 10.1 Å². The van der Waals surface area contributed by atoms with Gasteiger partial charge >= 0.3 is 6.61 Å². The van der Waals surface area contributed by atoms with Crippen LogP contribution in [0.4, 0.5) is 14.5 Å². The lowest BCUT2D eigenvalue weighted by Gasteiger charge is -2.34. The summed E-state index contributed by atoms with van der Waals surface area (Å²) in [5, 5.41) is 11.8. The molecule has 42 heavy (non-hydrogen) atoms. The summed E-state index contributed by atoms with van der Waals surface area (Å²) in [5.74, 6) is -0.744. The number of amides is 2. The molecule has 222 valence electrons. The van der Waals surface area contributed by atoms with Crippen LogP contribution in [0.3, 0.4) is 0 Å². The van der Waals surface area contributed by atoms with Gasteiger partial charge in [-0.1, -0.05) is 20.8 Å². The molecular weight excluding hydrogens is 566 g/mol. The molecule has 2 amide bonds. The fourth-order valence-electron chi connectivity index (χ4n) is 4.76. The Balaban J connectivity index is 1.51. The fourth-order valence-corrected chi connectivity index (χ4v) is 5.64. The average molecular weight is 599 g/mol. The highest BCUT2D eigenvalue weighted by atomic mass is 32.2. The molecule has 5 rings (SSSR count). The summed E-state index contributed by atoms with van der Waals surface area (Å²) in [4.78, 5) is 35.7. The Morgan fingerprint density at radius 1 is 1.17 bits per heavy atom. The minimum Gasteiger partial charge on any atom is -0.434 e. The van der Waals surface area contributed by atoms with Gasteiger partial charge < -0.3 is 19.9 Å². The molecule has 14 heteroatoms. The van der Waals surface area contributed by atoms with Crippen LogP contribution in [0, 0.1) is 0 Å². The summed E-state index contributed by atoms with van der Waals surface area (Å²) in [6, 6.07) is 6.55. The highest BCUT2D eigenvalue weighted by molar-refractivity contribution is 7.99. The van der Waals surface area contributed by atoms with E-state index in [9.17, 15) is 18.4 Å². The molecule has 4 heterocycles. The molecule has 11 nitrogen and oxygen atoms in total. The Labute approximate surface area is 245 Å². The summed E-state index contributed by atoms with van der Waals surface area (Å²) in [6.45, 7) is 6.68. The molecule has 0 unspecified atom stereocenters. The quantitative estimate of drug-likeness (QED) is 0.272. The number of rotatable bonds is 10. The lowest BCUT2D eigenvalue weighted by Crippen LogP contribution is -2.49. The van der Waals surface area contributed by atoms with E-state index >= 15 is 0 Å². The van der Waals surface area contributed by atoms with Gasteiger partial charge in [0.05, 0.1) is 11.9 Å². The van der Waals surface area contributed by atoms with E-state index < -0.39 is 12.5 Å². The van der Waals surface area contributed by atoms with E-state index in [2.05, 4.69) is 32.3 Å². The monoisotopic (exact) mass is 598 g/mol. The van der Waals surface area contributed by atoms with Gasteiger partial charge in [0.25, 0.3) is 5.91 Å². The maximum Gasteiger partial charge on any atom is 0.387 e. The van der Waals surface area contributed by atoms with Crippen LogP contribution >= 0.6 is 11.8 Å². The molecule has 0 bridgehead atoms. The number of likely N-dealkylation sites (N-methyl/N-ethyl adjacent to an activating group) is 1. The molecule has 0 spiro atoms. The number of halogens is 2. The number of anilines is 1. The first-order valence-corrected chi connectivity index (χ1v) is 14.5. The zero-order chi connectivity index (χ0) is 29.8. The smallest absolute Gasteiger partial charge is 0.387 e. The van der Waals surface area contributed by atoms with Crippen LogP contribution in [0.25, 0.3) is 16.9 Å². The highest BCUT2D eigenvalue weighted by Gasteiger charge is 2.25. The Kier molecular flexibility index (Phi) is 9.02. The number of alkyl halides is 2. The number of hydrogen-bond acceptors (Lipinski definition) is 8. The van der Waals surface area contributed by atoms with E-state index in [0.29, 0.717) is 18.7 Å². The molecule has 4 aromatic rings. The molecule has 0 saturated carbocycles. The van der Waals surface area contributed by atoms with Crippen molar-refractivity contribution in [2.75, 3.05) is 38.0 Å². The minimum absolute atomic E-state index is 0.0846. The first kappa shape index (κ1) is 29.5. The summed E-state index contributed by atoms with van der Waals surface area (Å²) in [7, 11) is 0. The maximum absolute atomic E-state index is 13.4. The summed E-state index contributed by atoms with van der Waals surface area (Å²) < 4.78 is 34.6. The van der Waals surface area contributed by atoms with Crippen LogP contribution in [0.15, 0.2) is 53.9 Å². The molecule has 1 aliphatic heterocycles. The average Bonchev–Trinajstić information content (AvgIpc) is 3.57.